The number of carboxylic acid groups (broad SMARTS) is 1. The Bertz CT molecular complexity index is 955. The van der Waals surface area contributed by atoms with Crippen LogP contribution in [0.4, 0.5) is 5.69 Å². The number of rotatable bonds is 10. The van der Waals surface area contributed by atoms with Gasteiger partial charge in [-0.15, -0.1) is 0 Å². The largest absolute Gasteiger partial charge is 0.494 e. The number of likely N-dealkylation sites (tertiary alicyclic amines) is 1. The molecule has 0 bridgehead atoms. The van der Waals surface area contributed by atoms with Crippen molar-refractivity contribution in [3.63, 3.8) is 0 Å². The molecular weight excluding hydrogens is 426 g/mol. The van der Waals surface area contributed by atoms with Gasteiger partial charge in [-0.1, -0.05) is 49.7 Å². The van der Waals surface area contributed by atoms with E-state index in [1.54, 1.807) is 33.2 Å². The third-order valence-corrected chi connectivity index (χ3v) is 6.72. The average molecular weight is 460 g/mol. The molecule has 1 fully saturated rings. The number of nitrogens with one attached hydrogen (secondary N) is 1. The highest BCUT2D eigenvalue weighted by Crippen LogP contribution is 2.40. The van der Waals surface area contributed by atoms with Crippen LogP contribution in [0.25, 0.3) is 0 Å². The zero-order chi connectivity index (χ0) is 23.5. The van der Waals surface area contributed by atoms with Crippen LogP contribution in [0.1, 0.15) is 51.2 Å². The summed E-state index contributed by atoms with van der Waals surface area (Å²) in [4.78, 5) is 18.0. The summed E-state index contributed by atoms with van der Waals surface area (Å²) < 4.78 is 5.48. The van der Waals surface area contributed by atoms with E-state index in [0.29, 0.717) is 23.2 Å². The van der Waals surface area contributed by atoms with Gasteiger partial charge < -0.3 is 20.1 Å². The first kappa shape index (κ1) is 24.3. The van der Waals surface area contributed by atoms with Crippen molar-refractivity contribution < 1.29 is 14.6 Å². The van der Waals surface area contributed by atoms with E-state index in [9.17, 15) is 9.90 Å². The molecule has 2 heterocycles. The Morgan fingerprint density at radius 3 is 2.66 bits per heavy atom. The summed E-state index contributed by atoms with van der Waals surface area (Å²) in [6, 6.07) is 10.3. The minimum Gasteiger partial charge on any atom is -0.494 e. The predicted octanol–water partition coefficient (Wildman–Crippen LogP) is 5.03. The van der Waals surface area contributed by atoms with E-state index in [2.05, 4.69) is 53.3 Å². The molecule has 0 aliphatic carbocycles. The summed E-state index contributed by atoms with van der Waals surface area (Å²) in [6.45, 7) is 11.2. The summed E-state index contributed by atoms with van der Waals surface area (Å²) in [6.07, 6.45) is 2.32. The molecule has 0 radical (unpaired) electrons. The van der Waals surface area contributed by atoms with Gasteiger partial charge >= 0.3 is 5.97 Å². The molecule has 0 atom stereocenters. The van der Waals surface area contributed by atoms with Crippen molar-refractivity contribution in [3.8, 4) is 5.75 Å². The Balaban J connectivity index is 1.82. The normalized spacial score (nSPS) is 16.0. The van der Waals surface area contributed by atoms with E-state index in [-0.39, 0.29) is 5.41 Å². The molecule has 7 heteroatoms. The number of nitrogens with zero attached hydrogens (tertiary/aromatic N) is 2. The van der Waals surface area contributed by atoms with Gasteiger partial charge in [0.05, 0.1) is 24.4 Å². The number of hydrogen-bond donors (Lipinski definition) is 2. The van der Waals surface area contributed by atoms with Gasteiger partial charge in [-0.05, 0) is 43.9 Å². The van der Waals surface area contributed by atoms with Crippen LogP contribution in [0.2, 0.25) is 5.15 Å². The van der Waals surface area contributed by atoms with Gasteiger partial charge in [-0.2, -0.15) is 0 Å². The zero-order valence-electron chi connectivity index (χ0n) is 19.6. The second-order valence-electron chi connectivity index (χ2n) is 9.73. The van der Waals surface area contributed by atoms with Crippen LogP contribution < -0.4 is 10.1 Å². The van der Waals surface area contributed by atoms with Crippen molar-refractivity contribution >= 4 is 23.3 Å². The van der Waals surface area contributed by atoms with Crippen LogP contribution >= 0.6 is 11.6 Å². The number of benzene rings is 1. The molecule has 0 saturated carbocycles. The molecule has 0 unspecified atom stereocenters. The smallest absolute Gasteiger partial charge is 0.309 e. The number of pyridine rings is 1. The Hall–Kier alpha value is -2.31. The standard InChI is InChI=1S/C25H34ClN3O3/c1-17(2)18-8-6-7-9-19(18)25(14-28-20-13-27-22(26)12-21(20)32-5)15-29(16-25)11-10-24(3,4)23(30)31/h6-9,12-13,17,28H,10-11,14-16H2,1-5H3,(H,30,31). The topological polar surface area (TPSA) is 74.7 Å². The highest BCUT2D eigenvalue weighted by Gasteiger charge is 2.46. The molecule has 1 aromatic heterocycles. The molecular formula is C25H34ClN3O3. The van der Waals surface area contributed by atoms with Gasteiger partial charge in [0, 0.05) is 31.1 Å². The summed E-state index contributed by atoms with van der Waals surface area (Å²) in [5, 5.41) is 13.4. The fourth-order valence-electron chi connectivity index (χ4n) is 4.35. The average Bonchev–Trinajstić information content (AvgIpc) is 2.73. The monoisotopic (exact) mass is 459 g/mol. The molecule has 0 spiro atoms. The lowest BCUT2D eigenvalue weighted by Gasteiger charge is -2.52. The lowest BCUT2D eigenvalue weighted by Crippen LogP contribution is -2.63. The van der Waals surface area contributed by atoms with Crippen LogP contribution in [-0.4, -0.2) is 54.2 Å². The van der Waals surface area contributed by atoms with E-state index in [0.717, 1.165) is 31.9 Å². The van der Waals surface area contributed by atoms with Crippen LogP contribution in [0.15, 0.2) is 36.5 Å². The number of halogens is 1. The highest BCUT2D eigenvalue weighted by molar-refractivity contribution is 6.29. The SMILES string of the molecule is COc1cc(Cl)ncc1NCC1(c2ccccc2C(C)C)CN(CCC(C)(C)C(=O)O)C1. The van der Waals surface area contributed by atoms with Gasteiger partial charge in [0.2, 0.25) is 0 Å². The molecule has 3 rings (SSSR count). The zero-order valence-corrected chi connectivity index (χ0v) is 20.4. The third kappa shape index (κ3) is 5.18. The number of methoxy groups -OCH3 is 1. The Labute approximate surface area is 195 Å². The number of anilines is 1. The van der Waals surface area contributed by atoms with Crippen molar-refractivity contribution in [3.05, 3.63) is 52.8 Å². The molecule has 1 aliphatic heterocycles. The number of aliphatic carboxylic acids is 1. The van der Waals surface area contributed by atoms with E-state index in [1.807, 2.05) is 0 Å². The van der Waals surface area contributed by atoms with E-state index >= 15 is 0 Å². The fourth-order valence-corrected chi connectivity index (χ4v) is 4.50. The molecule has 2 aromatic rings. The van der Waals surface area contributed by atoms with Crippen molar-refractivity contribution in [2.24, 2.45) is 5.41 Å². The van der Waals surface area contributed by atoms with Gasteiger partial charge in [0.25, 0.3) is 0 Å². The van der Waals surface area contributed by atoms with E-state index in [1.165, 1.54) is 11.1 Å². The van der Waals surface area contributed by atoms with Crippen molar-refractivity contribution in [1.29, 1.82) is 0 Å². The maximum atomic E-state index is 11.5. The van der Waals surface area contributed by atoms with Gasteiger partial charge in [-0.3, -0.25) is 4.79 Å². The first-order valence-electron chi connectivity index (χ1n) is 11.1. The van der Waals surface area contributed by atoms with E-state index in [4.69, 9.17) is 16.3 Å². The van der Waals surface area contributed by atoms with Crippen molar-refractivity contribution in [2.75, 3.05) is 38.6 Å². The summed E-state index contributed by atoms with van der Waals surface area (Å²) >= 11 is 6.02. The van der Waals surface area contributed by atoms with E-state index < -0.39 is 11.4 Å². The molecule has 0 amide bonds. The molecule has 1 saturated heterocycles. The molecule has 1 aromatic carbocycles. The Morgan fingerprint density at radius 1 is 1.34 bits per heavy atom. The first-order valence-corrected chi connectivity index (χ1v) is 11.4. The molecule has 32 heavy (non-hydrogen) atoms. The Kier molecular flexibility index (Phi) is 7.36. The summed E-state index contributed by atoms with van der Waals surface area (Å²) in [5.41, 5.74) is 2.69. The summed E-state index contributed by atoms with van der Waals surface area (Å²) in [7, 11) is 1.62. The van der Waals surface area contributed by atoms with Crippen molar-refractivity contribution in [2.45, 2.75) is 45.4 Å². The maximum Gasteiger partial charge on any atom is 0.309 e. The highest BCUT2D eigenvalue weighted by atomic mass is 35.5. The number of aromatic nitrogens is 1. The van der Waals surface area contributed by atoms with Gasteiger partial charge in [-0.25, -0.2) is 4.98 Å². The summed E-state index contributed by atoms with van der Waals surface area (Å²) in [5.74, 6) is 0.324. The van der Waals surface area contributed by atoms with Crippen LogP contribution in [0, 0.1) is 5.41 Å². The molecule has 2 N–H and O–H groups in total. The van der Waals surface area contributed by atoms with Gasteiger partial charge in [0.1, 0.15) is 10.9 Å². The fraction of sp³-hybridized carbons (Fsp3) is 0.520. The van der Waals surface area contributed by atoms with Crippen molar-refractivity contribution in [1.82, 2.24) is 9.88 Å². The molecule has 6 nitrogen and oxygen atoms in total. The number of ether oxygens (including phenoxy) is 1. The quantitative estimate of drug-likeness (QED) is 0.485. The van der Waals surface area contributed by atoms with Crippen LogP contribution in [0.5, 0.6) is 5.75 Å². The number of carbonyl (C=O) groups is 1. The second-order valence-corrected chi connectivity index (χ2v) is 10.1. The lowest BCUT2D eigenvalue weighted by molar-refractivity contribution is -0.147. The second kappa shape index (κ2) is 9.67. The molecule has 174 valence electrons. The van der Waals surface area contributed by atoms with Crippen LogP contribution in [-0.2, 0) is 10.2 Å². The van der Waals surface area contributed by atoms with Crippen LogP contribution in [0.3, 0.4) is 0 Å². The molecule has 1 aliphatic rings. The third-order valence-electron chi connectivity index (χ3n) is 6.51. The maximum absolute atomic E-state index is 11.5. The predicted molar refractivity (Wildman–Crippen MR) is 129 cm³/mol. The minimum absolute atomic E-state index is 0.0844. The van der Waals surface area contributed by atoms with Gasteiger partial charge in [0.15, 0.2) is 0 Å². The first-order chi connectivity index (χ1) is 15.1. The minimum atomic E-state index is -0.751. The number of carboxylic acids is 1. The Morgan fingerprint density at radius 2 is 2.03 bits per heavy atom. The lowest BCUT2D eigenvalue weighted by atomic mass is 9.70. The number of hydrogen-bond acceptors (Lipinski definition) is 5.